The molecule has 0 fully saturated rings. The summed E-state index contributed by atoms with van der Waals surface area (Å²) in [5.41, 5.74) is -1.12. The third-order valence-corrected chi connectivity index (χ3v) is 2.48. The highest BCUT2D eigenvalue weighted by Gasteiger charge is 2.36. The second kappa shape index (κ2) is 5.38. The fourth-order valence-corrected chi connectivity index (χ4v) is 1.45. The van der Waals surface area contributed by atoms with Gasteiger partial charge in [0.1, 0.15) is 11.8 Å². The molecule has 1 aromatic heterocycles. The molecule has 1 atom stereocenters. The minimum absolute atomic E-state index is 0.136. The van der Waals surface area contributed by atoms with Gasteiger partial charge in [0.2, 0.25) is 0 Å². The summed E-state index contributed by atoms with van der Waals surface area (Å²) in [5.74, 6) is -0.661. The lowest BCUT2D eigenvalue weighted by Crippen LogP contribution is -2.29. The van der Waals surface area contributed by atoms with Gasteiger partial charge in [0, 0.05) is 12.7 Å². The van der Waals surface area contributed by atoms with Crippen molar-refractivity contribution in [3.05, 3.63) is 11.3 Å². The van der Waals surface area contributed by atoms with Gasteiger partial charge in [0.15, 0.2) is 5.82 Å². The van der Waals surface area contributed by atoms with E-state index in [9.17, 15) is 18.0 Å². The number of hydrogen-bond donors (Lipinski definition) is 2. The average molecular weight is 265 g/mol. The molecule has 18 heavy (non-hydrogen) atoms. The molecule has 1 rings (SSSR count). The maximum absolute atomic E-state index is 12.5. The molecule has 0 saturated heterocycles. The largest absolute Gasteiger partial charge is 0.433 e. The first-order valence-electron chi connectivity index (χ1n) is 5.27. The lowest BCUT2D eigenvalue weighted by atomic mass is 10.2. The predicted molar refractivity (Wildman–Crippen MR) is 58.0 cm³/mol. The van der Waals surface area contributed by atoms with E-state index in [4.69, 9.17) is 4.74 Å². The Kier molecular flexibility index (Phi) is 4.33. The molecule has 102 valence electrons. The van der Waals surface area contributed by atoms with Gasteiger partial charge in [0.05, 0.1) is 0 Å². The van der Waals surface area contributed by atoms with Crippen molar-refractivity contribution in [1.29, 1.82) is 0 Å². The summed E-state index contributed by atoms with van der Waals surface area (Å²) in [4.78, 5) is 11.6. The summed E-state index contributed by atoms with van der Waals surface area (Å²) < 4.78 is 42.3. The second-order valence-electron chi connectivity index (χ2n) is 3.69. The van der Waals surface area contributed by atoms with Gasteiger partial charge in [-0.15, -0.1) is 0 Å². The summed E-state index contributed by atoms with van der Waals surface area (Å²) in [7, 11) is 1.35. The maximum atomic E-state index is 12.5. The van der Waals surface area contributed by atoms with Crippen molar-refractivity contribution in [1.82, 2.24) is 10.2 Å². The Labute approximate surface area is 102 Å². The first-order valence-corrected chi connectivity index (χ1v) is 5.27. The van der Waals surface area contributed by atoms with E-state index in [1.165, 1.54) is 14.0 Å². The third kappa shape index (κ3) is 3.00. The topological polar surface area (TPSA) is 67.0 Å². The molecule has 5 nitrogen and oxygen atoms in total. The first-order chi connectivity index (χ1) is 8.31. The number of methoxy groups -OCH3 is 1. The average Bonchev–Trinajstić information content (AvgIpc) is 2.61. The van der Waals surface area contributed by atoms with E-state index in [0.717, 1.165) is 0 Å². The molecule has 0 aliphatic rings. The Bertz CT molecular complexity index is 424. The van der Waals surface area contributed by atoms with E-state index in [0.29, 0.717) is 6.42 Å². The van der Waals surface area contributed by atoms with Gasteiger partial charge in [-0.3, -0.25) is 9.89 Å². The lowest BCUT2D eigenvalue weighted by Gasteiger charge is -2.12. The lowest BCUT2D eigenvalue weighted by molar-refractivity contribution is -0.141. The van der Waals surface area contributed by atoms with Gasteiger partial charge in [0.25, 0.3) is 5.91 Å². The Balaban J connectivity index is 2.87. The number of carbonyl (C=O) groups is 1. The normalized spacial score (nSPS) is 13.4. The van der Waals surface area contributed by atoms with Gasteiger partial charge >= 0.3 is 6.18 Å². The number of carbonyl (C=O) groups excluding carboxylic acids is 1. The van der Waals surface area contributed by atoms with Crippen LogP contribution in [0.5, 0.6) is 0 Å². The molecule has 0 unspecified atom stereocenters. The highest BCUT2D eigenvalue weighted by molar-refractivity contribution is 5.93. The third-order valence-electron chi connectivity index (χ3n) is 2.48. The number of hydrogen-bond acceptors (Lipinski definition) is 3. The van der Waals surface area contributed by atoms with Crippen LogP contribution in [0.2, 0.25) is 0 Å². The molecule has 0 aliphatic carbocycles. The standard InChI is InChI=1S/C10H14F3N3O2/c1-4-6(18-3)9(17)14-8-5(2)7(15-16-8)10(11,12)13/h6H,4H2,1-3H3,(H2,14,15,16,17)/t6-/m0/s1. The SMILES string of the molecule is CC[C@H](OC)C(=O)Nc1n[nH]c(C(F)(F)F)c1C. The van der Waals surface area contributed by atoms with Gasteiger partial charge in [-0.2, -0.15) is 18.3 Å². The molecule has 8 heteroatoms. The fourth-order valence-electron chi connectivity index (χ4n) is 1.45. The van der Waals surface area contributed by atoms with Crippen LogP contribution in [0.25, 0.3) is 0 Å². The Morgan fingerprint density at radius 3 is 2.56 bits per heavy atom. The van der Waals surface area contributed by atoms with Crippen LogP contribution in [0.15, 0.2) is 0 Å². The molecule has 1 heterocycles. The molecule has 0 spiro atoms. The van der Waals surface area contributed by atoms with Crippen molar-refractivity contribution < 1.29 is 22.7 Å². The molecule has 0 aromatic carbocycles. The van der Waals surface area contributed by atoms with Crippen molar-refractivity contribution in [2.75, 3.05) is 12.4 Å². The zero-order valence-electron chi connectivity index (χ0n) is 10.2. The number of aromatic nitrogens is 2. The molecule has 0 aliphatic heterocycles. The van der Waals surface area contributed by atoms with Crippen LogP contribution in [0.4, 0.5) is 19.0 Å². The number of amides is 1. The van der Waals surface area contributed by atoms with Gasteiger partial charge < -0.3 is 10.1 Å². The predicted octanol–water partition coefficient (Wildman–Crippen LogP) is 2.10. The highest BCUT2D eigenvalue weighted by atomic mass is 19.4. The number of anilines is 1. The zero-order valence-corrected chi connectivity index (χ0v) is 10.2. The molecular formula is C10H14F3N3O2. The van der Waals surface area contributed by atoms with Gasteiger partial charge in [-0.1, -0.05) is 6.92 Å². The number of nitrogens with one attached hydrogen (secondary N) is 2. The second-order valence-corrected chi connectivity index (χ2v) is 3.69. The number of ether oxygens (including phenoxy) is 1. The smallest absolute Gasteiger partial charge is 0.372 e. The molecule has 2 N–H and O–H groups in total. The number of nitrogens with zero attached hydrogens (tertiary/aromatic N) is 1. The minimum atomic E-state index is -4.52. The van der Waals surface area contributed by atoms with Crippen molar-refractivity contribution in [3.8, 4) is 0 Å². The van der Waals surface area contributed by atoms with Crippen LogP contribution in [0.1, 0.15) is 24.6 Å². The number of rotatable bonds is 4. The van der Waals surface area contributed by atoms with E-state index in [1.807, 2.05) is 5.10 Å². The zero-order chi connectivity index (χ0) is 13.9. The van der Waals surface area contributed by atoms with Crippen molar-refractivity contribution in [2.24, 2.45) is 0 Å². The maximum Gasteiger partial charge on any atom is 0.433 e. The molecule has 1 aromatic rings. The first kappa shape index (κ1) is 14.5. The van der Waals surface area contributed by atoms with E-state index >= 15 is 0 Å². The van der Waals surface area contributed by atoms with E-state index < -0.39 is 23.9 Å². The molecule has 0 radical (unpaired) electrons. The Morgan fingerprint density at radius 1 is 1.56 bits per heavy atom. The summed E-state index contributed by atoms with van der Waals surface area (Å²) in [6.07, 6.45) is -4.82. The summed E-state index contributed by atoms with van der Waals surface area (Å²) in [6, 6.07) is 0. The van der Waals surface area contributed by atoms with Gasteiger partial charge in [-0.25, -0.2) is 0 Å². The number of H-pyrrole nitrogens is 1. The van der Waals surface area contributed by atoms with Crippen LogP contribution < -0.4 is 5.32 Å². The Morgan fingerprint density at radius 2 is 2.17 bits per heavy atom. The Hall–Kier alpha value is -1.57. The van der Waals surface area contributed by atoms with E-state index in [-0.39, 0.29) is 11.4 Å². The number of halogens is 3. The minimum Gasteiger partial charge on any atom is -0.372 e. The fraction of sp³-hybridized carbons (Fsp3) is 0.600. The quantitative estimate of drug-likeness (QED) is 0.876. The van der Waals surface area contributed by atoms with Crippen molar-refractivity contribution >= 4 is 11.7 Å². The summed E-state index contributed by atoms with van der Waals surface area (Å²) >= 11 is 0. The molecule has 0 bridgehead atoms. The van der Waals surface area contributed by atoms with Crippen LogP contribution in [-0.4, -0.2) is 29.3 Å². The summed E-state index contributed by atoms with van der Waals surface area (Å²) in [5, 5.41) is 7.60. The highest BCUT2D eigenvalue weighted by Crippen LogP contribution is 2.32. The molecule has 1 amide bonds. The van der Waals surface area contributed by atoms with Crippen LogP contribution >= 0.6 is 0 Å². The number of aromatic amines is 1. The molecule has 0 saturated carbocycles. The monoisotopic (exact) mass is 265 g/mol. The van der Waals surface area contributed by atoms with E-state index in [1.54, 1.807) is 6.92 Å². The van der Waals surface area contributed by atoms with Crippen molar-refractivity contribution in [3.63, 3.8) is 0 Å². The van der Waals surface area contributed by atoms with Crippen LogP contribution in [0.3, 0.4) is 0 Å². The molecular weight excluding hydrogens is 251 g/mol. The van der Waals surface area contributed by atoms with Crippen LogP contribution in [0, 0.1) is 6.92 Å². The summed E-state index contributed by atoms with van der Waals surface area (Å²) in [6.45, 7) is 2.96. The van der Waals surface area contributed by atoms with Crippen LogP contribution in [-0.2, 0) is 15.7 Å². The van der Waals surface area contributed by atoms with Crippen molar-refractivity contribution in [2.45, 2.75) is 32.5 Å². The number of alkyl halides is 3. The van der Waals surface area contributed by atoms with Gasteiger partial charge in [-0.05, 0) is 13.3 Å². The van der Waals surface area contributed by atoms with E-state index in [2.05, 4.69) is 10.4 Å².